The van der Waals surface area contributed by atoms with Gasteiger partial charge in [0.1, 0.15) is 5.75 Å². The van der Waals surface area contributed by atoms with E-state index in [4.69, 9.17) is 10.5 Å². The standard InChI is InChI=1S/C11H13N3O3/c1-17-7-2-3-9(8(12)4-7)14-5-10(15)13-11(16)6-14/h2-4H,5-6,12H2,1H3,(H,13,15,16). The second kappa shape index (κ2) is 4.32. The van der Waals surface area contributed by atoms with Crippen molar-refractivity contribution in [2.75, 3.05) is 30.8 Å². The van der Waals surface area contributed by atoms with Gasteiger partial charge in [-0.1, -0.05) is 0 Å². The number of ether oxygens (including phenoxy) is 1. The number of nitrogens with zero attached hydrogens (tertiary/aromatic N) is 1. The molecule has 0 radical (unpaired) electrons. The van der Waals surface area contributed by atoms with Gasteiger partial charge >= 0.3 is 0 Å². The number of carbonyl (C=O) groups excluding carboxylic acids is 2. The number of rotatable bonds is 2. The van der Waals surface area contributed by atoms with E-state index < -0.39 is 0 Å². The van der Waals surface area contributed by atoms with Crippen molar-refractivity contribution in [2.24, 2.45) is 0 Å². The molecule has 0 aliphatic carbocycles. The molecule has 1 aromatic rings. The number of piperazine rings is 1. The van der Waals surface area contributed by atoms with E-state index in [9.17, 15) is 9.59 Å². The van der Waals surface area contributed by atoms with Gasteiger partial charge in [0.15, 0.2) is 0 Å². The minimum Gasteiger partial charge on any atom is -0.497 e. The SMILES string of the molecule is COc1ccc(N2CC(=O)NC(=O)C2)c(N)c1. The topological polar surface area (TPSA) is 84.7 Å². The van der Waals surface area contributed by atoms with E-state index >= 15 is 0 Å². The van der Waals surface area contributed by atoms with Gasteiger partial charge < -0.3 is 15.4 Å². The molecule has 1 aliphatic rings. The largest absolute Gasteiger partial charge is 0.497 e. The number of anilines is 2. The molecule has 0 atom stereocenters. The third-order valence-electron chi connectivity index (χ3n) is 2.52. The molecule has 1 aliphatic heterocycles. The second-order valence-corrected chi connectivity index (χ2v) is 3.75. The molecule has 17 heavy (non-hydrogen) atoms. The van der Waals surface area contributed by atoms with Crippen LogP contribution in [0.4, 0.5) is 11.4 Å². The summed E-state index contributed by atoms with van der Waals surface area (Å²) in [6.45, 7) is 0.255. The molecule has 3 N–H and O–H groups in total. The maximum Gasteiger partial charge on any atom is 0.246 e. The van der Waals surface area contributed by atoms with Crippen LogP contribution in [0.1, 0.15) is 0 Å². The zero-order valence-electron chi connectivity index (χ0n) is 9.40. The molecule has 2 rings (SSSR count). The molecular formula is C11H13N3O3. The lowest BCUT2D eigenvalue weighted by Gasteiger charge is -2.28. The molecule has 0 aromatic heterocycles. The second-order valence-electron chi connectivity index (χ2n) is 3.75. The Hall–Kier alpha value is -2.24. The van der Waals surface area contributed by atoms with Crippen molar-refractivity contribution in [2.45, 2.75) is 0 Å². The minimum atomic E-state index is -0.323. The maximum absolute atomic E-state index is 11.3. The molecule has 1 aromatic carbocycles. The van der Waals surface area contributed by atoms with E-state index in [-0.39, 0.29) is 24.9 Å². The highest BCUT2D eigenvalue weighted by Crippen LogP contribution is 2.27. The molecule has 2 amide bonds. The molecule has 0 unspecified atom stereocenters. The lowest BCUT2D eigenvalue weighted by Crippen LogP contribution is -2.51. The molecule has 0 saturated carbocycles. The highest BCUT2D eigenvalue weighted by Gasteiger charge is 2.23. The van der Waals surface area contributed by atoms with Crippen LogP contribution in [0, 0.1) is 0 Å². The summed E-state index contributed by atoms with van der Waals surface area (Å²) in [5.41, 5.74) is 6.99. The number of nitrogens with one attached hydrogen (secondary N) is 1. The summed E-state index contributed by atoms with van der Waals surface area (Å²) in [7, 11) is 1.55. The average Bonchev–Trinajstić information content (AvgIpc) is 2.27. The average molecular weight is 235 g/mol. The van der Waals surface area contributed by atoms with E-state index in [2.05, 4.69) is 5.32 Å². The quantitative estimate of drug-likeness (QED) is 0.545. The van der Waals surface area contributed by atoms with E-state index in [0.717, 1.165) is 0 Å². The maximum atomic E-state index is 11.3. The van der Waals surface area contributed by atoms with Gasteiger partial charge in [-0.25, -0.2) is 0 Å². The van der Waals surface area contributed by atoms with Crippen LogP contribution < -0.4 is 20.7 Å². The number of amides is 2. The van der Waals surface area contributed by atoms with Gasteiger partial charge in [-0.2, -0.15) is 0 Å². The lowest BCUT2D eigenvalue weighted by atomic mass is 10.2. The van der Waals surface area contributed by atoms with Crippen LogP contribution in [0.2, 0.25) is 0 Å². The van der Waals surface area contributed by atoms with Gasteiger partial charge in [-0.15, -0.1) is 0 Å². The zero-order valence-corrected chi connectivity index (χ0v) is 9.40. The Morgan fingerprint density at radius 3 is 2.47 bits per heavy atom. The Balaban J connectivity index is 2.27. The summed E-state index contributed by atoms with van der Waals surface area (Å²) in [5.74, 6) is -0.00743. The Morgan fingerprint density at radius 2 is 1.94 bits per heavy atom. The number of hydrogen-bond acceptors (Lipinski definition) is 5. The van der Waals surface area contributed by atoms with E-state index in [1.54, 1.807) is 30.2 Å². The predicted molar refractivity (Wildman–Crippen MR) is 62.8 cm³/mol. The fraction of sp³-hybridized carbons (Fsp3) is 0.273. The van der Waals surface area contributed by atoms with Gasteiger partial charge in [-0.3, -0.25) is 14.9 Å². The van der Waals surface area contributed by atoms with Crippen molar-refractivity contribution in [3.05, 3.63) is 18.2 Å². The molecule has 90 valence electrons. The summed E-state index contributed by atoms with van der Waals surface area (Å²) in [6.07, 6.45) is 0. The van der Waals surface area contributed by atoms with Crippen LogP contribution in [0.3, 0.4) is 0 Å². The van der Waals surface area contributed by atoms with Crippen molar-refractivity contribution >= 4 is 23.2 Å². The Bertz CT molecular complexity index is 457. The third kappa shape index (κ3) is 2.30. The fourth-order valence-electron chi connectivity index (χ4n) is 1.76. The van der Waals surface area contributed by atoms with E-state index in [1.807, 2.05) is 0 Å². The molecule has 1 heterocycles. The van der Waals surface area contributed by atoms with Crippen molar-refractivity contribution in [1.82, 2.24) is 5.32 Å². The summed E-state index contributed by atoms with van der Waals surface area (Å²) in [4.78, 5) is 24.1. The number of methoxy groups -OCH3 is 1. The Kier molecular flexibility index (Phi) is 2.86. The highest BCUT2D eigenvalue weighted by atomic mass is 16.5. The molecule has 0 spiro atoms. The molecule has 6 heteroatoms. The first-order chi connectivity index (χ1) is 8.10. The van der Waals surface area contributed by atoms with E-state index in [1.165, 1.54) is 0 Å². The summed E-state index contributed by atoms with van der Waals surface area (Å²) < 4.78 is 5.03. The molecule has 6 nitrogen and oxygen atoms in total. The molecule has 0 bridgehead atoms. The van der Waals surface area contributed by atoms with Crippen LogP contribution >= 0.6 is 0 Å². The van der Waals surface area contributed by atoms with Crippen molar-refractivity contribution < 1.29 is 14.3 Å². The van der Waals surface area contributed by atoms with E-state index in [0.29, 0.717) is 17.1 Å². The number of nitrogen functional groups attached to an aromatic ring is 1. The van der Waals surface area contributed by atoms with Crippen LogP contribution in [0.15, 0.2) is 18.2 Å². The molecule has 1 fully saturated rings. The first-order valence-corrected chi connectivity index (χ1v) is 5.11. The Morgan fingerprint density at radius 1 is 1.29 bits per heavy atom. The van der Waals surface area contributed by atoms with Crippen LogP contribution in [0.25, 0.3) is 0 Å². The zero-order chi connectivity index (χ0) is 12.4. The Labute approximate surface area is 98.3 Å². The van der Waals surface area contributed by atoms with Gasteiger partial charge in [0.2, 0.25) is 11.8 Å². The van der Waals surface area contributed by atoms with Crippen molar-refractivity contribution in [3.63, 3.8) is 0 Å². The third-order valence-corrected chi connectivity index (χ3v) is 2.52. The van der Waals surface area contributed by atoms with Gasteiger partial charge in [-0.05, 0) is 12.1 Å². The summed E-state index contributed by atoms with van der Waals surface area (Å²) in [6, 6.07) is 5.13. The number of imide groups is 1. The minimum absolute atomic E-state index is 0.127. The molecular weight excluding hydrogens is 222 g/mol. The van der Waals surface area contributed by atoms with Gasteiger partial charge in [0.05, 0.1) is 31.6 Å². The molecule has 1 saturated heterocycles. The number of benzene rings is 1. The van der Waals surface area contributed by atoms with Crippen molar-refractivity contribution in [1.29, 1.82) is 0 Å². The van der Waals surface area contributed by atoms with Crippen LogP contribution in [0.5, 0.6) is 5.75 Å². The van der Waals surface area contributed by atoms with Crippen LogP contribution in [-0.2, 0) is 9.59 Å². The normalized spacial score (nSPS) is 15.7. The smallest absolute Gasteiger partial charge is 0.246 e. The fourth-order valence-corrected chi connectivity index (χ4v) is 1.76. The lowest BCUT2D eigenvalue weighted by molar-refractivity contribution is -0.130. The first kappa shape index (κ1) is 11.3. The number of carbonyl (C=O) groups is 2. The van der Waals surface area contributed by atoms with Gasteiger partial charge in [0.25, 0.3) is 0 Å². The number of nitrogens with two attached hydrogens (primary N) is 1. The van der Waals surface area contributed by atoms with Gasteiger partial charge in [0, 0.05) is 6.07 Å². The monoisotopic (exact) mass is 235 g/mol. The van der Waals surface area contributed by atoms with Crippen molar-refractivity contribution in [3.8, 4) is 5.75 Å². The highest BCUT2D eigenvalue weighted by molar-refractivity contribution is 6.03. The predicted octanol–water partition coefficient (Wildman–Crippen LogP) is -0.260. The first-order valence-electron chi connectivity index (χ1n) is 5.11. The van der Waals surface area contributed by atoms with Crippen LogP contribution in [-0.4, -0.2) is 32.0 Å². The summed E-state index contributed by atoms with van der Waals surface area (Å²) in [5, 5.41) is 2.24. The summed E-state index contributed by atoms with van der Waals surface area (Å²) >= 11 is 0. The number of hydrogen-bond donors (Lipinski definition) is 2.